The molecular weight excluding hydrogens is 408 g/mol. The first-order valence-corrected chi connectivity index (χ1v) is 9.28. The third-order valence-corrected chi connectivity index (χ3v) is 3.86. The summed E-state index contributed by atoms with van der Waals surface area (Å²) in [6, 6.07) is 3.70. The van der Waals surface area contributed by atoms with Crippen LogP contribution in [0.3, 0.4) is 0 Å². The van der Waals surface area contributed by atoms with Gasteiger partial charge in [-0.15, -0.1) is 0 Å². The van der Waals surface area contributed by atoms with Gasteiger partial charge < -0.3 is 41.5 Å². The molecule has 0 bridgehead atoms. The Morgan fingerprint density at radius 3 is 2.55 bits per heavy atom. The Morgan fingerprint density at radius 2 is 2.00 bits per heavy atom. The smallest absolute Gasteiger partial charge is 0.335 e. The van der Waals surface area contributed by atoms with Gasteiger partial charge in [-0.1, -0.05) is 0 Å². The van der Waals surface area contributed by atoms with Gasteiger partial charge in [0.25, 0.3) is 0 Å². The first-order valence-electron chi connectivity index (χ1n) is 9.28. The number of carboxylic acid groups (broad SMARTS) is 2. The molecule has 12 heteroatoms. The van der Waals surface area contributed by atoms with E-state index < -0.39 is 18.0 Å². The molecule has 0 aliphatic carbocycles. The maximum Gasteiger partial charge on any atom is 0.335 e. The van der Waals surface area contributed by atoms with Crippen molar-refractivity contribution in [2.75, 3.05) is 20.3 Å². The van der Waals surface area contributed by atoms with E-state index in [2.05, 4.69) is 9.98 Å². The third-order valence-electron chi connectivity index (χ3n) is 3.86. The second kappa shape index (κ2) is 13.4. The summed E-state index contributed by atoms with van der Waals surface area (Å²) in [5.41, 5.74) is 15.5. The quantitative estimate of drug-likeness (QED) is 0.183. The van der Waals surface area contributed by atoms with Crippen LogP contribution in [-0.4, -0.2) is 64.0 Å². The average molecular weight is 436 g/mol. The molecule has 0 fully saturated rings. The lowest BCUT2D eigenvalue weighted by Gasteiger charge is -2.11. The van der Waals surface area contributed by atoms with Crippen LogP contribution in [0, 0.1) is 0 Å². The Kier molecular flexibility index (Phi) is 10.9. The van der Waals surface area contributed by atoms with Gasteiger partial charge in [0.2, 0.25) is 0 Å². The zero-order valence-corrected chi connectivity index (χ0v) is 17.2. The van der Waals surface area contributed by atoms with Crippen LogP contribution >= 0.6 is 0 Å². The van der Waals surface area contributed by atoms with Gasteiger partial charge >= 0.3 is 11.9 Å². The van der Waals surface area contributed by atoms with Crippen molar-refractivity contribution in [1.82, 2.24) is 9.55 Å². The van der Waals surface area contributed by atoms with Crippen LogP contribution in [0.25, 0.3) is 0 Å². The number of benzene rings is 1. The number of guanidine groups is 1. The number of carbonyl (C=O) groups is 2. The highest BCUT2D eigenvalue weighted by molar-refractivity contribution is 5.88. The molecule has 0 saturated carbocycles. The number of methoxy groups -OCH3 is 1. The fourth-order valence-electron chi connectivity index (χ4n) is 2.24. The molecule has 0 amide bonds. The predicted molar refractivity (Wildman–Crippen MR) is 113 cm³/mol. The molecule has 12 nitrogen and oxygen atoms in total. The van der Waals surface area contributed by atoms with Gasteiger partial charge in [-0.3, -0.25) is 9.79 Å². The topological polar surface area (TPSA) is 201 Å². The third kappa shape index (κ3) is 9.99. The van der Waals surface area contributed by atoms with E-state index >= 15 is 0 Å². The predicted octanol–water partition coefficient (Wildman–Crippen LogP) is 0.121. The number of aromatic carboxylic acids is 1. The summed E-state index contributed by atoms with van der Waals surface area (Å²) in [5, 5.41) is 17.3. The van der Waals surface area contributed by atoms with Gasteiger partial charge in [-0.25, -0.2) is 9.78 Å². The molecule has 1 aromatic heterocycles. The van der Waals surface area contributed by atoms with Crippen molar-refractivity contribution in [3.8, 4) is 11.5 Å². The molecule has 0 aliphatic heterocycles. The highest BCUT2D eigenvalue weighted by Crippen LogP contribution is 2.28. The summed E-state index contributed by atoms with van der Waals surface area (Å²) in [6.45, 7) is 1.52. The Balaban J connectivity index is 0.000000348. The molecule has 1 aromatic carbocycles. The van der Waals surface area contributed by atoms with Gasteiger partial charge in [0, 0.05) is 18.9 Å². The first kappa shape index (κ1) is 25.2. The number of carboxylic acids is 2. The van der Waals surface area contributed by atoms with E-state index in [-0.39, 0.29) is 11.5 Å². The molecule has 0 spiro atoms. The summed E-state index contributed by atoms with van der Waals surface area (Å²) >= 11 is 0. The number of ether oxygens (including phenoxy) is 2. The lowest BCUT2D eigenvalue weighted by molar-refractivity contribution is -0.138. The number of rotatable bonds is 11. The van der Waals surface area contributed by atoms with E-state index in [1.165, 1.54) is 19.2 Å². The van der Waals surface area contributed by atoms with Crippen LogP contribution in [0.2, 0.25) is 0 Å². The minimum Gasteiger partial charge on any atom is -0.493 e. The van der Waals surface area contributed by atoms with E-state index in [0.29, 0.717) is 44.0 Å². The van der Waals surface area contributed by atoms with Gasteiger partial charge in [0.05, 0.1) is 25.5 Å². The highest BCUT2D eigenvalue weighted by atomic mass is 16.5. The van der Waals surface area contributed by atoms with Crippen LogP contribution in [0.5, 0.6) is 11.5 Å². The molecule has 0 saturated heterocycles. The van der Waals surface area contributed by atoms with Crippen LogP contribution < -0.4 is 26.7 Å². The lowest BCUT2D eigenvalue weighted by atomic mass is 10.2. The molecular formula is C19H28N6O6. The fraction of sp³-hybridized carbons (Fsp3) is 0.368. The summed E-state index contributed by atoms with van der Waals surface area (Å²) in [7, 11) is 1.48. The molecule has 1 atom stereocenters. The number of hydrogen-bond acceptors (Lipinski definition) is 7. The van der Waals surface area contributed by atoms with Crippen LogP contribution in [-0.2, 0) is 11.3 Å². The van der Waals surface area contributed by atoms with Gasteiger partial charge in [-0.2, -0.15) is 0 Å². The van der Waals surface area contributed by atoms with Crippen molar-refractivity contribution in [3.05, 3.63) is 42.5 Å². The molecule has 0 radical (unpaired) electrons. The number of nitrogens with zero attached hydrogens (tertiary/aromatic N) is 3. The second-order valence-electron chi connectivity index (χ2n) is 6.21. The summed E-state index contributed by atoms with van der Waals surface area (Å²) in [5.74, 6) is -1.06. The minimum absolute atomic E-state index is 0.0129. The zero-order chi connectivity index (χ0) is 23.2. The fourth-order valence-corrected chi connectivity index (χ4v) is 2.24. The van der Waals surface area contributed by atoms with Crippen molar-refractivity contribution < 1.29 is 29.3 Å². The standard InChI is InChI=1S/C13H14N2O4.C6H14N4O2/c1-18-12-8-10(13(16)17)2-3-11(12)19-7-6-15-5-4-14-9-15;7-4(5(11)12)2-1-3-10-6(8)9/h2-5,8-9H,6-7H2,1H3,(H,16,17);4H,1-3,7H2,(H,11,12)(H4,8,9,10)/t;4-/m.0/s1. The van der Waals surface area contributed by atoms with E-state index in [1.54, 1.807) is 18.6 Å². The lowest BCUT2D eigenvalue weighted by Crippen LogP contribution is -2.30. The highest BCUT2D eigenvalue weighted by Gasteiger charge is 2.10. The molecule has 8 N–H and O–H groups in total. The van der Waals surface area contributed by atoms with Crippen LogP contribution in [0.1, 0.15) is 23.2 Å². The Hall–Kier alpha value is -3.80. The van der Waals surface area contributed by atoms with Crippen molar-refractivity contribution >= 4 is 17.9 Å². The molecule has 31 heavy (non-hydrogen) atoms. The van der Waals surface area contributed by atoms with Gasteiger partial charge in [0.15, 0.2) is 17.5 Å². The van der Waals surface area contributed by atoms with Gasteiger partial charge in [-0.05, 0) is 31.0 Å². The molecule has 2 rings (SSSR count). The number of aliphatic imine (C=N–C) groups is 1. The molecule has 2 aromatic rings. The van der Waals surface area contributed by atoms with E-state index in [1.807, 2.05) is 10.8 Å². The SMILES string of the molecule is COc1cc(C(=O)O)ccc1OCCn1ccnc1.NC(N)=NCCC[C@H](N)C(=O)O. The monoisotopic (exact) mass is 436 g/mol. The Morgan fingerprint density at radius 1 is 1.26 bits per heavy atom. The Labute approximate surface area is 179 Å². The number of hydrogen-bond donors (Lipinski definition) is 5. The average Bonchev–Trinajstić information content (AvgIpc) is 3.24. The van der Waals surface area contributed by atoms with E-state index in [9.17, 15) is 9.59 Å². The molecule has 170 valence electrons. The minimum atomic E-state index is -1.00. The molecule has 1 heterocycles. The van der Waals surface area contributed by atoms with Crippen molar-refractivity contribution in [1.29, 1.82) is 0 Å². The number of nitrogens with two attached hydrogens (primary N) is 3. The van der Waals surface area contributed by atoms with Crippen LogP contribution in [0.4, 0.5) is 0 Å². The van der Waals surface area contributed by atoms with E-state index in [0.717, 1.165) is 0 Å². The van der Waals surface area contributed by atoms with E-state index in [4.69, 9.17) is 36.9 Å². The molecule has 0 aliphatic rings. The molecule has 0 unspecified atom stereocenters. The zero-order valence-electron chi connectivity index (χ0n) is 17.2. The van der Waals surface area contributed by atoms with Gasteiger partial charge in [0.1, 0.15) is 12.6 Å². The van der Waals surface area contributed by atoms with Crippen molar-refractivity contribution in [3.63, 3.8) is 0 Å². The first-order chi connectivity index (χ1) is 14.7. The Bertz CT molecular complexity index is 852. The number of aliphatic carboxylic acids is 1. The summed E-state index contributed by atoms with van der Waals surface area (Å²) < 4.78 is 12.6. The maximum atomic E-state index is 10.8. The second-order valence-corrected chi connectivity index (χ2v) is 6.21. The number of aromatic nitrogens is 2. The summed E-state index contributed by atoms with van der Waals surface area (Å²) in [4.78, 5) is 28.7. The maximum absolute atomic E-state index is 10.8. The normalized spacial score (nSPS) is 10.9. The van der Waals surface area contributed by atoms with Crippen molar-refractivity contribution in [2.24, 2.45) is 22.2 Å². The summed E-state index contributed by atoms with van der Waals surface area (Å²) in [6.07, 6.45) is 6.20. The van der Waals surface area contributed by atoms with Crippen LogP contribution in [0.15, 0.2) is 41.9 Å². The van der Waals surface area contributed by atoms with Crippen molar-refractivity contribution in [2.45, 2.75) is 25.4 Å². The largest absolute Gasteiger partial charge is 0.493 e. The number of imidazole rings is 1.